The number of fused-ring (bicyclic) bond motifs is 15. The molecular formula is C61H66F7N29O25P6S8. The van der Waals surface area contributed by atoms with E-state index in [0.29, 0.717) is 27.8 Å². The van der Waals surface area contributed by atoms with E-state index < -0.39 is 241 Å². The molecule has 0 saturated carbocycles. The van der Waals surface area contributed by atoms with Crippen LogP contribution in [0.15, 0.2) is 76.1 Å². The molecule has 12 aromatic rings. The van der Waals surface area contributed by atoms with Gasteiger partial charge < -0.3 is 114 Å². The number of nitrogens with two attached hydrogens (primary N) is 6. The number of anilines is 6. The normalized spacial score (nSPS) is 37.3. The van der Waals surface area contributed by atoms with Gasteiger partial charge in [0.05, 0.1) is 74.2 Å². The molecule has 0 aliphatic carbocycles. The first-order chi connectivity index (χ1) is 64.3. The minimum atomic E-state index is -4.59. The van der Waals surface area contributed by atoms with Crippen LogP contribution in [0.2, 0.25) is 0 Å². The van der Waals surface area contributed by atoms with E-state index >= 15 is 30.7 Å². The Morgan fingerprint density at radius 3 is 1.21 bits per heavy atom. The number of aromatic nitrogens is 23. The first-order valence-electron chi connectivity index (χ1n) is 38.9. The molecule has 12 aromatic heterocycles. The molecule has 0 radical (unpaired) electrons. The Hall–Kier alpha value is -7.20. The third kappa shape index (κ3) is 18.8. The maximum absolute atomic E-state index is 16.1. The summed E-state index contributed by atoms with van der Waals surface area (Å²) in [5.41, 5.74) is 33.6. The van der Waals surface area contributed by atoms with Crippen molar-refractivity contribution in [2.24, 2.45) is 0 Å². The zero-order valence-electron chi connectivity index (χ0n) is 67.2. The summed E-state index contributed by atoms with van der Waals surface area (Å²) in [4.78, 5) is 142. The van der Waals surface area contributed by atoms with Crippen molar-refractivity contribution in [3.8, 4) is 0 Å². The molecule has 21 rings (SSSR count). The largest absolute Gasteiger partial charge is 0.398 e. The molecule has 0 spiro atoms. The number of imidazole rings is 2. The van der Waals surface area contributed by atoms with Gasteiger partial charge in [-0.2, -0.15) is 28.4 Å². The fourth-order valence-electron chi connectivity index (χ4n) is 15.7. The highest BCUT2D eigenvalue weighted by molar-refractivity contribution is 8.09. The third-order valence-corrected chi connectivity index (χ3v) is 34.2. The number of nitrogens with zero attached hydrogens (tertiary/aromatic N) is 20. The van der Waals surface area contributed by atoms with Crippen LogP contribution in [-0.4, -0.2) is 291 Å². The number of hydrogen-bond donors (Lipinski definition) is 15. The summed E-state index contributed by atoms with van der Waals surface area (Å²) < 4.78 is 207. The van der Waals surface area contributed by atoms with Crippen LogP contribution >= 0.6 is 63.8 Å². The summed E-state index contributed by atoms with van der Waals surface area (Å²) in [7, 11) is 0. The molecule has 75 heteroatoms. The minimum Gasteiger partial charge on any atom is -0.398 e. The number of aromatic amines is 3. The van der Waals surface area contributed by atoms with Crippen molar-refractivity contribution in [1.29, 1.82) is 0 Å². The van der Waals surface area contributed by atoms with Crippen molar-refractivity contribution in [2.75, 3.05) is 74.0 Å². The van der Waals surface area contributed by atoms with Crippen LogP contribution in [0.4, 0.5) is 65.6 Å². The first-order valence-corrected chi connectivity index (χ1v) is 56.3. The zero-order valence-corrected chi connectivity index (χ0v) is 79.1. The van der Waals surface area contributed by atoms with Gasteiger partial charge in [0.1, 0.15) is 94.7 Å². The zero-order chi connectivity index (χ0) is 96.4. The molecule has 9 aliphatic heterocycles. The number of ether oxygens (including phenoxy) is 4. The van der Waals surface area contributed by atoms with Crippen LogP contribution in [0.1, 0.15) is 35.7 Å². The number of nitrogen functional groups attached to an aromatic ring is 6. The summed E-state index contributed by atoms with van der Waals surface area (Å²) >= 11 is 32.6. The number of halogens is 7. The van der Waals surface area contributed by atoms with Gasteiger partial charge in [0, 0.05) is 35.9 Å². The average molecular weight is 2180 g/mol. The maximum atomic E-state index is 16.1. The van der Waals surface area contributed by atoms with Crippen molar-refractivity contribution < 1.29 is 133 Å². The van der Waals surface area contributed by atoms with Crippen molar-refractivity contribution in [1.82, 2.24) is 114 Å². The topological polar surface area (TPSA) is 734 Å². The first kappa shape index (κ1) is 97.6. The Morgan fingerprint density at radius 2 is 0.765 bits per heavy atom. The summed E-state index contributed by atoms with van der Waals surface area (Å²) in [6.07, 6.45) is -25.0. The number of H-pyrrole nitrogens is 3. The second kappa shape index (κ2) is 37.0. The lowest BCUT2D eigenvalue weighted by atomic mass is 10.1. The van der Waals surface area contributed by atoms with Crippen LogP contribution in [0.5, 0.6) is 0 Å². The number of thioether (sulfide) groups is 2. The van der Waals surface area contributed by atoms with E-state index in [1.807, 2.05) is 0 Å². The van der Waals surface area contributed by atoms with Gasteiger partial charge in [0.15, 0.2) is 88.1 Å². The summed E-state index contributed by atoms with van der Waals surface area (Å²) in [6, 6.07) is 6.00. The maximum Gasteiger partial charge on any atom is 0.325 e. The van der Waals surface area contributed by atoms with Crippen molar-refractivity contribution in [3.05, 3.63) is 92.8 Å². The van der Waals surface area contributed by atoms with Gasteiger partial charge in [0.2, 0.25) is 24.1 Å². The molecule has 732 valence electrons. The molecule has 6 unspecified atom stereocenters. The van der Waals surface area contributed by atoms with Crippen LogP contribution in [0, 0.1) is 0 Å². The highest BCUT2D eigenvalue weighted by Crippen LogP contribution is 2.62. The number of hydrogen-bond acceptors (Lipinski definition) is 47. The van der Waals surface area contributed by atoms with Gasteiger partial charge in [-0.25, -0.2) is 56.2 Å². The number of nitrogens with one attached hydrogen (secondary N) is 3. The van der Waals surface area contributed by atoms with Gasteiger partial charge >= 0.3 is 46.2 Å². The fraction of sp³-hybridized carbons (Fsp3) is 0.492. The lowest BCUT2D eigenvalue weighted by Crippen LogP contribution is -2.41. The van der Waals surface area contributed by atoms with Crippen molar-refractivity contribution >= 4 is 236 Å². The summed E-state index contributed by atoms with van der Waals surface area (Å²) in [6.45, 7) is -30.3. The van der Waals surface area contributed by atoms with Crippen molar-refractivity contribution in [3.63, 3.8) is 0 Å². The van der Waals surface area contributed by atoms with E-state index in [1.54, 1.807) is 0 Å². The Bertz CT molecular complexity index is 6950. The highest BCUT2D eigenvalue weighted by atomic mass is 32.5. The molecule has 54 nitrogen and oxygen atoms in total. The number of pyridine rings is 3. The monoisotopic (exact) mass is 2180 g/mol. The molecule has 9 fully saturated rings. The number of alkyl halides is 7. The number of rotatable bonds is 6. The molecule has 29 atom stereocenters. The quantitative estimate of drug-likeness (QED) is 0.0834. The van der Waals surface area contributed by atoms with Gasteiger partial charge in [-0.05, 0) is 95.1 Å². The van der Waals surface area contributed by atoms with E-state index in [-0.39, 0.29) is 74.0 Å². The predicted molar refractivity (Wildman–Crippen MR) is 479 cm³/mol. The van der Waals surface area contributed by atoms with E-state index in [4.69, 9.17) is 178 Å². The molecular weight excluding hydrogens is 2110 g/mol. The van der Waals surface area contributed by atoms with Gasteiger partial charge in [0.25, 0.3) is 16.7 Å². The van der Waals surface area contributed by atoms with E-state index in [2.05, 4.69) is 85.8 Å². The molecule has 136 heavy (non-hydrogen) atoms. The summed E-state index contributed by atoms with van der Waals surface area (Å²) in [5, 5.41) is 18.8. The lowest BCUT2D eigenvalue weighted by molar-refractivity contribution is -0.135. The Labute approximate surface area is 789 Å². The van der Waals surface area contributed by atoms with Crippen LogP contribution in [0.3, 0.4) is 0 Å². The van der Waals surface area contributed by atoms with E-state index in [0.717, 1.165) is 42.1 Å². The molecule has 9 saturated heterocycles. The summed E-state index contributed by atoms with van der Waals surface area (Å²) in [5.74, 6) is -4.74. The Morgan fingerprint density at radius 1 is 0.397 bits per heavy atom. The highest BCUT2D eigenvalue weighted by Gasteiger charge is 2.64. The van der Waals surface area contributed by atoms with Gasteiger partial charge in [-0.15, -0.1) is 38.8 Å². The molecule has 21 heterocycles. The molecule has 0 amide bonds. The lowest BCUT2D eigenvalue weighted by Gasteiger charge is -2.28. The van der Waals surface area contributed by atoms with Crippen molar-refractivity contribution in [2.45, 2.75) is 144 Å². The fourth-order valence-corrected chi connectivity index (χ4v) is 27.5. The van der Waals surface area contributed by atoms with Crippen LogP contribution < -0.4 is 51.1 Å². The smallest absolute Gasteiger partial charge is 0.325 e. The third-order valence-electron chi connectivity index (χ3n) is 21.8. The average Bonchev–Trinajstić information content (AvgIpc) is 1.70. The minimum absolute atomic E-state index is 0.0577. The van der Waals surface area contributed by atoms with E-state index in [1.165, 1.54) is 70.8 Å². The van der Waals surface area contributed by atoms with E-state index in [9.17, 15) is 43.7 Å². The Balaban J connectivity index is 0.000000131. The Kier molecular flexibility index (Phi) is 26.5. The SMILES string of the molecule is Nc1nc2c(nnn2[C@@H]2O[C@@H]3COP(O)(=S)O[C@@H]4[C@@H](COP(O)(=S)O[C@@H]2[C@H]3F)O[C@@H](n2ccc3c(N)ccnc32)C4(F)F)c(=O)[nH]1.Nc1nc2c(nnn2[C@@H]2S[C@@H]3COP(O)(=S)O[C@H]4[C@H](F)[C@H](n5cnc6c(N)ccnc65)O[C@@H]4COP(O)(=S)O[C@@H]2[C@@H]3F)c(=O)[nH]1.Nc1nc2c(nnn2[C@@H]2S[C@@H]3COP(O)(=S)O[C@H]4[C@H](F)[C@H](n5cnc6c(N)ccnc65)O[C@@H]4COP(O)(=S)O[C@@H]2[C@@H]3F)c(=O)[nH]1. The van der Waals surface area contributed by atoms with Gasteiger partial charge in [-0.1, -0.05) is 15.6 Å². The van der Waals surface area contributed by atoms with Crippen LogP contribution in [-0.2, 0) is 144 Å². The van der Waals surface area contributed by atoms with Crippen LogP contribution in [0.25, 0.3) is 66.9 Å². The molecule has 21 N–H and O–H groups in total. The van der Waals surface area contributed by atoms with Gasteiger partial charge in [-0.3, -0.25) is 65.6 Å². The second-order valence-corrected chi connectivity index (χ2v) is 50.0. The predicted octanol–water partition coefficient (Wildman–Crippen LogP) is 1.87. The second-order valence-electron chi connectivity index (χ2n) is 30.5. The molecule has 0 aromatic carbocycles. The molecule has 6 bridgehead atoms. The molecule has 9 aliphatic rings. The standard InChI is InChI=1S/C21H22F3N9O9P2S2.2C20H22F2N10O8P2S3/c22-11-9-5-37-44(36,46)42-14-10(40-19(21(14,23)24)32-4-2-7-8(25)1-3-27-15(7)32)6-38-43(35,45)41-13(11)18(39-9)33-16-12(30-31-33)17(34)29-20(26)28-16;2*21-9-8-4-37-42(35,44)39-13-7(38-18(10(13)22)31-5-26-11-6(23)1-2-25-15(11)31)3-36-41(34,43)40-14(9)19(45-8)32-16-12(29-30-32)17(33)28-20(24)27-16/h1-4,9-11,13-14,18-19H,5-6H2,(H2,25,27)(H,35,45)(H,36,46)(H3,26,28,29,34);2*1-2,5,7-10,13-14,18-19H,3-4H2,(H2,23,25)(H,34,43)(H,35,44)(H3,24,27,28,33)/t9-,10-,11+,13-,14-,18-,19-,43?,44?;2*7-,8-,9-,10+,13-,14-,18-,19-,41?,42?/m111/s1.